The summed E-state index contributed by atoms with van der Waals surface area (Å²) in [6.07, 6.45) is -9.09. The molecule has 3 N–H and O–H groups in total. The SMILES string of the molecule is CC[C@@H](Nc1cc(F)c(C(=O)N[C@@H](Cc2ccc(-c3nc(C)ccc3C(F)(F)F)c3ncccc23)C(=O)O)c(F)c1)C(F)(F)F. The molecule has 0 unspecified atom stereocenters. The van der Waals surface area contributed by atoms with Crippen molar-refractivity contribution >= 4 is 28.5 Å². The van der Waals surface area contributed by atoms with Gasteiger partial charge in [0.15, 0.2) is 0 Å². The van der Waals surface area contributed by atoms with E-state index in [4.69, 9.17) is 0 Å². The van der Waals surface area contributed by atoms with Crippen molar-refractivity contribution in [2.24, 2.45) is 0 Å². The number of hydrogen-bond acceptors (Lipinski definition) is 5. The van der Waals surface area contributed by atoms with Gasteiger partial charge in [-0.15, -0.1) is 0 Å². The van der Waals surface area contributed by atoms with Gasteiger partial charge in [-0.05, 0) is 49.2 Å². The third-order valence-corrected chi connectivity index (χ3v) is 6.90. The van der Waals surface area contributed by atoms with E-state index in [-0.39, 0.29) is 22.0 Å². The second-order valence-electron chi connectivity index (χ2n) is 10.0. The quantitative estimate of drug-likeness (QED) is 0.169. The van der Waals surface area contributed by atoms with Gasteiger partial charge in [0.1, 0.15) is 29.3 Å². The lowest BCUT2D eigenvalue weighted by Crippen LogP contribution is -2.43. The van der Waals surface area contributed by atoms with Crippen LogP contribution in [0.15, 0.2) is 54.7 Å². The number of alkyl halides is 6. The van der Waals surface area contributed by atoms with E-state index in [0.29, 0.717) is 17.8 Å². The molecule has 15 heteroatoms. The van der Waals surface area contributed by atoms with E-state index in [1.807, 2.05) is 10.6 Å². The lowest BCUT2D eigenvalue weighted by Gasteiger charge is -2.22. The molecule has 0 bridgehead atoms. The highest BCUT2D eigenvalue weighted by Gasteiger charge is 2.39. The Morgan fingerprint density at radius 2 is 1.64 bits per heavy atom. The van der Waals surface area contributed by atoms with Crippen LogP contribution in [-0.4, -0.2) is 45.2 Å². The van der Waals surface area contributed by atoms with Crippen molar-refractivity contribution in [1.29, 1.82) is 0 Å². The van der Waals surface area contributed by atoms with Gasteiger partial charge in [0.2, 0.25) is 0 Å². The van der Waals surface area contributed by atoms with Crippen molar-refractivity contribution in [3.63, 3.8) is 0 Å². The molecule has 45 heavy (non-hydrogen) atoms. The van der Waals surface area contributed by atoms with Crippen LogP contribution < -0.4 is 10.6 Å². The normalized spacial score (nSPS) is 13.4. The summed E-state index contributed by atoms with van der Waals surface area (Å²) in [5.74, 6) is -6.19. The molecule has 4 aromatic rings. The van der Waals surface area contributed by atoms with Crippen molar-refractivity contribution in [2.45, 2.75) is 51.1 Å². The number of nitrogens with zero attached hydrogens (tertiary/aromatic N) is 2. The summed E-state index contributed by atoms with van der Waals surface area (Å²) >= 11 is 0. The summed E-state index contributed by atoms with van der Waals surface area (Å²) in [4.78, 5) is 33.2. The van der Waals surface area contributed by atoms with Crippen LogP contribution in [0.25, 0.3) is 22.2 Å². The zero-order valence-electron chi connectivity index (χ0n) is 23.4. The Balaban J connectivity index is 1.66. The maximum atomic E-state index is 14.8. The van der Waals surface area contributed by atoms with Gasteiger partial charge in [0.25, 0.3) is 5.91 Å². The number of rotatable bonds is 9. The molecule has 2 aromatic carbocycles. The smallest absolute Gasteiger partial charge is 0.418 e. The van der Waals surface area contributed by atoms with Crippen molar-refractivity contribution in [1.82, 2.24) is 15.3 Å². The van der Waals surface area contributed by atoms with E-state index in [2.05, 4.69) is 9.97 Å². The van der Waals surface area contributed by atoms with E-state index in [1.54, 1.807) is 0 Å². The topological polar surface area (TPSA) is 104 Å². The van der Waals surface area contributed by atoms with Gasteiger partial charge < -0.3 is 15.7 Å². The molecule has 0 saturated carbocycles. The molecule has 2 atom stereocenters. The number of aryl methyl sites for hydroxylation is 1. The van der Waals surface area contributed by atoms with Crippen molar-refractivity contribution in [2.75, 3.05) is 5.32 Å². The Morgan fingerprint density at radius 1 is 0.978 bits per heavy atom. The fourth-order valence-electron chi connectivity index (χ4n) is 4.73. The van der Waals surface area contributed by atoms with Crippen LogP contribution in [0.4, 0.5) is 40.8 Å². The molecule has 2 aromatic heterocycles. The largest absolute Gasteiger partial charge is 0.480 e. The number of fused-ring (bicyclic) bond motifs is 1. The van der Waals surface area contributed by atoms with Gasteiger partial charge in [0, 0.05) is 34.9 Å². The highest BCUT2D eigenvalue weighted by molar-refractivity contribution is 5.98. The Hall–Kier alpha value is -4.82. The van der Waals surface area contributed by atoms with Crippen LogP contribution in [0.5, 0.6) is 0 Å². The first-order valence-corrected chi connectivity index (χ1v) is 13.3. The first-order chi connectivity index (χ1) is 21.0. The molecule has 2 heterocycles. The van der Waals surface area contributed by atoms with Gasteiger partial charge in [-0.3, -0.25) is 14.8 Å². The molecule has 0 radical (unpaired) electrons. The van der Waals surface area contributed by atoms with E-state index in [1.165, 1.54) is 50.4 Å². The van der Waals surface area contributed by atoms with Gasteiger partial charge >= 0.3 is 18.3 Å². The van der Waals surface area contributed by atoms with Crippen molar-refractivity contribution < 1.29 is 49.8 Å². The number of nitrogens with one attached hydrogen (secondary N) is 2. The second kappa shape index (κ2) is 12.7. The van der Waals surface area contributed by atoms with Crippen LogP contribution >= 0.6 is 0 Å². The number of carboxylic acids is 1. The lowest BCUT2D eigenvalue weighted by atomic mass is 9.95. The lowest BCUT2D eigenvalue weighted by molar-refractivity contribution is -0.143. The number of hydrogen-bond donors (Lipinski definition) is 3. The number of carboxylic acid groups (broad SMARTS) is 1. The van der Waals surface area contributed by atoms with Crippen LogP contribution in [0.3, 0.4) is 0 Å². The number of aliphatic carboxylic acids is 1. The first-order valence-electron chi connectivity index (χ1n) is 13.3. The minimum Gasteiger partial charge on any atom is -0.480 e. The minimum absolute atomic E-state index is 0.00922. The third kappa shape index (κ3) is 7.29. The van der Waals surface area contributed by atoms with Crippen LogP contribution in [0.2, 0.25) is 0 Å². The van der Waals surface area contributed by atoms with Crippen LogP contribution in [0.1, 0.15) is 40.5 Å². The third-order valence-electron chi connectivity index (χ3n) is 6.90. The summed E-state index contributed by atoms with van der Waals surface area (Å²) < 4.78 is 110. The van der Waals surface area contributed by atoms with Gasteiger partial charge in [-0.25, -0.2) is 13.6 Å². The highest BCUT2D eigenvalue weighted by Crippen LogP contribution is 2.39. The Morgan fingerprint density at radius 3 is 2.22 bits per heavy atom. The Kier molecular flexibility index (Phi) is 9.30. The van der Waals surface area contributed by atoms with Crippen LogP contribution in [-0.2, 0) is 17.4 Å². The number of carbonyl (C=O) groups excluding carboxylic acids is 1. The number of anilines is 1. The number of pyridine rings is 2. The molecule has 4 rings (SSSR count). The fraction of sp³-hybridized carbons (Fsp3) is 0.267. The molecule has 0 aliphatic heterocycles. The predicted molar refractivity (Wildman–Crippen MR) is 147 cm³/mol. The standard InChI is InChI=1S/C30H24F8N4O3/c1-3-23(30(36,37)38)41-16-12-20(31)24(21(32)13-16)27(43)42-22(28(44)45)11-15-7-8-18(25-17(15)5-4-10-39-25)26-19(29(33,34)35)9-6-14(2)40-26/h4-10,12-13,22-23,41H,3,11H2,1-2H3,(H,42,43)(H,44,45)/t22-,23+/m0/s1. The van der Waals surface area contributed by atoms with Crippen molar-refractivity contribution in [3.05, 3.63) is 88.7 Å². The molecule has 0 fully saturated rings. The molecule has 7 nitrogen and oxygen atoms in total. The molecule has 0 saturated heterocycles. The molecule has 0 aliphatic rings. The summed E-state index contributed by atoms with van der Waals surface area (Å²) in [7, 11) is 0. The number of amides is 1. The van der Waals surface area contributed by atoms with Gasteiger partial charge in [0.05, 0.1) is 16.8 Å². The molecular weight excluding hydrogens is 616 g/mol. The molecule has 238 valence electrons. The van der Waals surface area contributed by atoms with Gasteiger partial charge in [-0.1, -0.05) is 25.1 Å². The van der Waals surface area contributed by atoms with Crippen LogP contribution in [0, 0.1) is 18.6 Å². The summed E-state index contributed by atoms with van der Waals surface area (Å²) in [5, 5.41) is 14.0. The maximum absolute atomic E-state index is 14.8. The number of benzene rings is 2. The molecule has 1 amide bonds. The Labute approximate surface area is 250 Å². The highest BCUT2D eigenvalue weighted by atomic mass is 19.4. The number of aromatic nitrogens is 2. The fourth-order valence-corrected chi connectivity index (χ4v) is 4.73. The average Bonchev–Trinajstić information content (AvgIpc) is 2.94. The van der Waals surface area contributed by atoms with Gasteiger partial charge in [-0.2, -0.15) is 26.3 Å². The van der Waals surface area contributed by atoms with E-state index < -0.39 is 83.3 Å². The number of carbonyl (C=O) groups is 2. The monoisotopic (exact) mass is 640 g/mol. The van der Waals surface area contributed by atoms with E-state index in [9.17, 15) is 49.8 Å². The summed E-state index contributed by atoms with van der Waals surface area (Å²) in [5.41, 5.74) is -2.64. The Bertz CT molecular complexity index is 1730. The zero-order chi connectivity index (χ0) is 33.3. The molecular formula is C30H24F8N4O3. The van der Waals surface area contributed by atoms with Crippen molar-refractivity contribution in [3.8, 4) is 11.3 Å². The zero-order valence-corrected chi connectivity index (χ0v) is 23.4. The van der Waals surface area contributed by atoms with E-state index >= 15 is 0 Å². The average molecular weight is 641 g/mol. The summed E-state index contributed by atoms with van der Waals surface area (Å²) in [6, 6.07) is 4.68. The van der Waals surface area contributed by atoms with E-state index in [0.717, 1.165) is 6.07 Å². The summed E-state index contributed by atoms with van der Waals surface area (Å²) in [6.45, 7) is 2.71. The molecule has 0 aliphatic carbocycles. The second-order valence-corrected chi connectivity index (χ2v) is 10.0. The number of halogens is 8. The molecule has 0 spiro atoms. The first kappa shape index (κ1) is 33.1. The predicted octanol–water partition coefficient (Wildman–Crippen LogP) is 7.08. The maximum Gasteiger partial charge on any atom is 0.418 e. The minimum atomic E-state index is -4.75.